The third-order valence-corrected chi connectivity index (χ3v) is 3.13. The zero-order chi connectivity index (χ0) is 10.0. The van der Waals surface area contributed by atoms with Crippen LogP contribution < -0.4 is 0 Å². The van der Waals surface area contributed by atoms with Crippen LogP contribution in [0.15, 0.2) is 18.2 Å². The molecule has 0 aliphatic carbocycles. The molecule has 1 aromatic carbocycles. The number of hydrogen-bond acceptors (Lipinski definition) is 0. The van der Waals surface area contributed by atoms with Gasteiger partial charge < -0.3 is 0 Å². The molecule has 0 bridgehead atoms. The molecule has 13 heavy (non-hydrogen) atoms. The van der Waals surface area contributed by atoms with E-state index in [9.17, 15) is 0 Å². The molecule has 0 saturated carbocycles. The SMILES string of the molecule is Cc1cc([C@@H](C)C(C)C)ccc1Cl. The van der Waals surface area contributed by atoms with Crippen LogP contribution in [0.1, 0.15) is 37.8 Å². The van der Waals surface area contributed by atoms with Gasteiger partial charge in [0.05, 0.1) is 0 Å². The second-order valence-corrected chi connectivity index (χ2v) is 4.45. The first-order valence-corrected chi connectivity index (χ1v) is 5.16. The van der Waals surface area contributed by atoms with Crippen LogP contribution in [-0.4, -0.2) is 0 Å². The molecular formula is C12H17Cl. The largest absolute Gasteiger partial charge is 0.0841 e. The van der Waals surface area contributed by atoms with Gasteiger partial charge in [0.1, 0.15) is 0 Å². The number of aryl methyl sites for hydroxylation is 1. The Morgan fingerprint density at radius 1 is 1.15 bits per heavy atom. The topological polar surface area (TPSA) is 0 Å². The molecule has 1 heteroatoms. The van der Waals surface area contributed by atoms with Crippen LogP contribution in [0.5, 0.6) is 0 Å². The summed E-state index contributed by atoms with van der Waals surface area (Å²) in [6.45, 7) is 8.80. The molecule has 1 aromatic rings. The van der Waals surface area contributed by atoms with Crippen molar-refractivity contribution in [2.75, 3.05) is 0 Å². The first kappa shape index (κ1) is 10.6. The summed E-state index contributed by atoms with van der Waals surface area (Å²) in [5.74, 6) is 1.29. The predicted octanol–water partition coefficient (Wildman–Crippen LogP) is 4.41. The Hall–Kier alpha value is -0.490. The van der Waals surface area contributed by atoms with Crippen molar-refractivity contribution in [1.29, 1.82) is 0 Å². The van der Waals surface area contributed by atoms with E-state index in [2.05, 4.69) is 39.8 Å². The number of rotatable bonds is 2. The van der Waals surface area contributed by atoms with Crippen LogP contribution in [0.4, 0.5) is 0 Å². The van der Waals surface area contributed by atoms with Crippen molar-refractivity contribution in [1.82, 2.24) is 0 Å². The fourth-order valence-electron chi connectivity index (χ4n) is 1.34. The third kappa shape index (κ3) is 2.47. The number of benzene rings is 1. The molecule has 72 valence electrons. The van der Waals surface area contributed by atoms with Crippen LogP contribution in [0.3, 0.4) is 0 Å². The molecule has 0 spiro atoms. The molecule has 0 unspecified atom stereocenters. The standard InChI is InChI=1S/C12H17Cl/c1-8(2)10(4)11-5-6-12(13)9(3)7-11/h5-8,10H,1-4H3/t10-/m0/s1. The Labute approximate surface area is 85.9 Å². The van der Waals surface area contributed by atoms with Gasteiger partial charge in [0.15, 0.2) is 0 Å². The fourth-order valence-corrected chi connectivity index (χ4v) is 1.45. The molecule has 1 atom stereocenters. The molecule has 0 fully saturated rings. The van der Waals surface area contributed by atoms with Crippen LogP contribution in [0, 0.1) is 12.8 Å². The monoisotopic (exact) mass is 196 g/mol. The van der Waals surface area contributed by atoms with Gasteiger partial charge in [-0.1, -0.05) is 44.5 Å². The quantitative estimate of drug-likeness (QED) is 0.658. The predicted molar refractivity (Wildman–Crippen MR) is 59.4 cm³/mol. The first-order chi connectivity index (χ1) is 6.02. The molecule has 0 radical (unpaired) electrons. The van der Waals surface area contributed by atoms with Crippen LogP contribution in [0.25, 0.3) is 0 Å². The molecular weight excluding hydrogens is 180 g/mol. The fraction of sp³-hybridized carbons (Fsp3) is 0.500. The van der Waals surface area contributed by atoms with Gasteiger partial charge in [-0.3, -0.25) is 0 Å². The van der Waals surface area contributed by atoms with Gasteiger partial charge in [0.25, 0.3) is 0 Å². The Morgan fingerprint density at radius 3 is 2.23 bits per heavy atom. The molecule has 0 saturated heterocycles. The Balaban J connectivity index is 2.97. The number of hydrogen-bond donors (Lipinski definition) is 0. The minimum absolute atomic E-state index is 0.607. The highest BCUT2D eigenvalue weighted by molar-refractivity contribution is 6.31. The van der Waals surface area contributed by atoms with Crippen LogP contribution in [0.2, 0.25) is 5.02 Å². The summed E-state index contributed by atoms with van der Waals surface area (Å²) < 4.78 is 0. The van der Waals surface area contributed by atoms with E-state index in [0.29, 0.717) is 11.8 Å². The lowest BCUT2D eigenvalue weighted by molar-refractivity contribution is 0.535. The lowest BCUT2D eigenvalue weighted by atomic mass is 9.90. The highest BCUT2D eigenvalue weighted by Crippen LogP contribution is 2.26. The van der Waals surface area contributed by atoms with E-state index in [1.165, 1.54) is 11.1 Å². The minimum atomic E-state index is 0.607. The van der Waals surface area contributed by atoms with Crippen molar-refractivity contribution in [3.05, 3.63) is 34.3 Å². The molecule has 0 nitrogen and oxygen atoms in total. The summed E-state index contributed by atoms with van der Waals surface area (Å²) in [5.41, 5.74) is 2.56. The average Bonchev–Trinajstić information content (AvgIpc) is 2.08. The maximum Gasteiger partial charge on any atom is 0.0435 e. The first-order valence-electron chi connectivity index (χ1n) is 4.78. The molecule has 1 rings (SSSR count). The maximum absolute atomic E-state index is 5.96. The normalized spacial score (nSPS) is 13.4. The van der Waals surface area contributed by atoms with Gasteiger partial charge in [-0.2, -0.15) is 0 Å². The van der Waals surface area contributed by atoms with Crippen molar-refractivity contribution in [3.63, 3.8) is 0 Å². The van der Waals surface area contributed by atoms with Crippen molar-refractivity contribution in [2.24, 2.45) is 5.92 Å². The molecule has 0 N–H and O–H groups in total. The lowest BCUT2D eigenvalue weighted by Gasteiger charge is -2.16. The van der Waals surface area contributed by atoms with Gasteiger partial charge in [0, 0.05) is 5.02 Å². The van der Waals surface area contributed by atoms with Crippen molar-refractivity contribution in [3.8, 4) is 0 Å². The van der Waals surface area contributed by atoms with E-state index in [0.717, 1.165) is 5.02 Å². The molecule has 0 amide bonds. The van der Waals surface area contributed by atoms with Crippen molar-refractivity contribution in [2.45, 2.75) is 33.6 Å². The summed E-state index contributed by atoms with van der Waals surface area (Å²) in [6.07, 6.45) is 0. The Kier molecular flexibility index (Phi) is 3.38. The molecule has 0 heterocycles. The summed E-state index contributed by atoms with van der Waals surface area (Å²) in [7, 11) is 0. The van der Waals surface area contributed by atoms with Gasteiger partial charge in [-0.15, -0.1) is 0 Å². The highest BCUT2D eigenvalue weighted by atomic mass is 35.5. The second kappa shape index (κ2) is 4.15. The maximum atomic E-state index is 5.96. The van der Waals surface area contributed by atoms with Gasteiger partial charge in [-0.05, 0) is 36.0 Å². The highest BCUT2D eigenvalue weighted by Gasteiger charge is 2.10. The second-order valence-electron chi connectivity index (χ2n) is 4.04. The van der Waals surface area contributed by atoms with E-state index in [1.54, 1.807) is 0 Å². The molecule has 0 aromatic heterocycles. The van der Waals surface area contributed by atoms with Gasteiger partial charge in [0.2, 0.25) is 0 Å². The van der Waals surface area contributed by atoms with Crippen molar-refractivity contribution >= 4 is 11.6 Å². The summed E-state index contributed by atoms with van der Waals surface area (Å²) in [5, 5.41) is 0.861. The van der Waals surface area contributed by atoms with E-state index in [-0.39, 0.29) is 0 Å². The van der Waals surface area contributed by atoms with Gasteiger partial charge in [-0.25, -0.2) is 0 Å². The van der Waals surface area contributed by atoms with E-state index in [1.807, 2.05) is 6.07 Å². The third-order valence-electron chi connectivity index (χ3n) is 2.71. The van der Waals surface area contributed by atoms with Crippen molar-refractivity contribution < 1.29 is 0 Å². The van der Waals surface area contributed by atoms with Gasteiger partial charge >= 0.3 is 0 Å². The lowest BCUT2D eigenvalue weighted by Crippen LogP contribution is -2.01. The van der Waals surface area contributed by atoms with E-state index in [4.69, 9.17) is 11.6 Å². The summed E-state index contributed by atoms with van der Waals surface area (Å²) >= 11 is 5.96. The van der Waals surface area contributed by atoms with Crippen LogP contribution >= 0.6 is 11.6 Å². The smallest absolute Gasteiger partial charge is 0.0435 e. The van der Waals surface area contributed by atoms with E-state index >= 15 is 0 Å². The molecule has 0 aliphatic rings. The van der Waals surface area contributed by atoms with E-state index < -0.39 is 0 Å². The number of halogens is 1. The minimum Gasteiger partial charge on any atom is -0.0841 e. The average molecular weight is 197 g/mol. The van der Waals surface area contributed by atoms with Crippen LogP contribution in [-0.2, 0) is 0 Å². The molecule has 0 aliphatic heterocycles. The Bertz CT molecular complexity index is 289. The summed E-state index contributed by atoms with van der Waals surface area (Å²) in [4.78, 5) is 0. The zero-order valence-electron chi connectivity index (χ0n) is 8.76. The summed E-state index contributed by atoms with van der Waals surface area (Å²) in [6, 6.07) is 6.30. The zero-order valence-corrected chi connectivity index (χ0v) is 9.52. The Morgan fingerprint density at radius 2 is 1.77 bits per heavy atom.